The summed E-state index contributed by atoms with van der Waals surface area (Å²) in [6.07, 6.45) is 1.96. The van der Waals surface area contributed by atoms with Gasteiger partial charge in [0.2, 0.25) is 0 Å². The molecule has 0 aliphatic heterocycles. The van der Waals surface area contributed by atoms with Crippen molar-refractivity contribution in [1.29, 1.82) is 0 Å². The molecule has 0 fully saturated rings. The number of benzene rings is 1. The second kappa shape index (κ2) is 7.56. The van der Waals surface area contributed by atoms with Crippen molar-refractivity contribution in [3.05, 3.63) is 40.9 Å². The van der Waals surface area contributed by atoms with Gasteiger partial charge in [-0.2, -0.15) is 0 Å². The van der Waals surface area contributed by atoms with Crippen LogP contribution in [0, 0.1) is 6.92 Å². The monoisotopic (exact) mass is 281 g/mol. The zero-order valence-electron chi connectivity index (χ0n) is 12.3. The average molecular weight is 282 g/mol. The van der Waals surface area contributed by atoms with Crippen LogP contribution in [0.25, 0.3) is 0 Å². The van der Waals surface area contributed by atoms with Crippen LogP contribution in [0.2, 0.25) is 5.02 Å². The molecule has 0 aliphatic carbocycles. The molecule has 1 rings (SSSR count). The van der Waals surface area contributed by atoms with Gasteiger partial charge in [0.25, 0.3) is 0 Å². The molecule has 2 nitrogen and oxygen atoms in total. The molecule has 1 aromatic rings. The fraction of sp³-hybridized carbons (Fsp3) is 0.500. The Labute approximate surface area is 121 Å². The number of hydrogen-bond donors (Lipinski definition) is 1. The van der Waals surface area contributed by atoms with Crippen LogP contribution >= 0.6 is 11.6 Å². The minimum Gasteiger partial charge on any atom is -0.489 e. The van der Waals surface area contributed by atoms with Crippen LogP contribution in [0.15, 0.2) is 24.8 Å². The normalized spacial score (nSPS) is 12.5. The van der Waals surface area contributed by atoms with Crippen molar-refractivity contribution in [2.75, 3.05) is 13.1 Å². The summed E-state index contributed by atoms with van der Waals surface area (Å²) in [5, 5.41) is 4.06. The minimum atomic E-state index is 0.109. The van der Waals surface area contributed by atoms with Crippen molar-refractivity contribution < 1.29 is 4.74 Å². The average Bonchev–Trinajstić information content (AvgIpc) is 2.33. The van der Waals surface area contributed by atoms with Gasteiger partial charge in [-0.25, -0.2) is 0 Å². The van der Waals surface area contributed by atoms with E-state index in [1.54, 1.807) is 0 Å². The van der Waals surface area contributed by atoms with Gasteiger partial charge in [-0.15, -0.1) is 6.58 Å². The number of aryl methyl sites for hydroxylation is 1. The largest absolute Gasteiger partial charge is 0.489 e. The number of halogens is 1. The number of rotatable bonds is 7. The fourth-order valence-corrected chi connectivity index (χ4v) is 2.04. The molecule has 1 aromatic carbocycles. The third-order valence-corrected chi connectivity index (χ3v) is 3.37. The van der Waals surface area contributed by atoms with Crippen LogP contribution in [0.4, 0.5) is 0 Å². The third-order valence-electron chi connectivity index (χ3n) is 2.96. The van der Waals surface area contributed by atoms with Gasteiger partial charge < -0.3 is 10.1 Å². The molecular formula is C16H24ClNO. The van der Waals surface area contributed by atoms with Crippen molar-refractivity contribution in [2.24, 2.45) is 0 Å². The maximum atomic E-state index is 6.19. The second-order valence-electron chi connectivity index (χ2n) is 5.17. The van der Waals surface area contributed by atoms with Gasteiger partial charge in [-0.1, -0.05) is 31.5 Å². The molecule has 0 saturated heterocycles. The third kappa shape index (κ3) is 4.88. The van der Waals surface area contributed by atoms with Crippen LogP contribution < -0.4 is 10.1 Å². The maximum Gasteiger partial charge on any atom is 0.123 e. The lowest BCUT2D eigenvalue weighted by atomic mass is 10.0. The van der Waals surface area contributed by atoms with Crippen molar-refractivity contribution >= 4 is 11.6 Å². The lowest BCUT2D eigenvalue weighted by molar-refractivity contribution is 0.216. The van der Waals surface area contributed by atoms with E-state index in [0.29, 0.717) is 5.92 Å². The van der Waals surface area contributed by atoms with Gasteiger partial charge >= 0.3 is 0 Å². The predicted molar refractivity (Wildman–Crippen MR) is 83.4 cm³/mol. The zero-order chi connectivity index (χ0) is 14.4. The zero-order valence-corrected chi connectivity index (χ0v) is 13.1. The summed E-state index contributed by atoms with van der Waals surface area (Å²) in [4.78, 5) is 0. The summed E-state index contributed by atoms with van der Waals surface area (Å²) in [6.45, 7) is 13.6. The first-order valence-electron chi connectivity index (χ1n) is 6.74. The summed E-state index contributed by atoms with van der Waals surface area (Å²) >= 11 is 6.19. The summed E-state index contributed by atoms with van der Waals surface area (Å²) in [6, 6.07) is 4.04. The molecule has 0 amide bonds. The Morgan fingerprint density at radius 2 is 2.05 bits per heavy atom. The highest BCUT2D eigenvalue weighted by atomic mass is 35.5. The molecule has 1 unspecified atom stereocenters. The smallest absolute Gasteiger partial charge is 0.123 e. The molecule has 3 heteroatoms. The number of ether oxygens (including phenoxy) is 1. The highest BCUT2D eigenvalue weighted by Crippen LogP contribution is 2.32. The lowest BCUT2D eigenvalue weighted by Crippen LogP contribution is -2.29. The van der Waals surface area contributed by atoms with Gasteiger partial charge in [0.05, 0.1) is 0 Å². The van der Waals surface area contributed by atoms with E-state index in [9.17, 15) is 0 Å². The van der Waals surface area contributed by atoms with Crippen molar-refractivity contribution in [3.63, 3.8) is 0 Å². The van der Waals surface area contributed by atoms with Crippen LogP contribution in [0.1, 0.15) is 37.8 Å². The molecule has 0 saturated carbocycles. The van der Waals surface area contributed by atoms with Crippen molar-refractivity contribution in [2.45, 2.75) is 39.7 Å². The van der Waals surface area contributed by atoms with Crippen LogP contribution in [0.3, 0.4) is 0 Å². The first-order valence-corrected chi connectivity index (χ1v) is 7.11. The maximum absolute atomic E-state index is 6.19. The molecule has 0 radical (unpaired) electrons. The molecule has 0 aliphatic rings. The highest BCUT2D eigenvalue weighted by molar-refractivity contribution is 6.31. The van der Waals surface area contributed by atoms with E-state index in [-0.39, 0.29) is 6.10 Å². The van der Waals surface area contributed by atoms with Crippen LogP contribution in [-0.2, 0) is 0 Å². The quantitative estimate of drug-likeness (QED) is 0.594. The van der Waals surface area contributed by atoms with Gasteiger partial charge in [0.1, 0.15) is 11.9 Å². The summed E-state index contributed by atoms with van der Waals surface area (Å²) in [7, 11) is 0. The van der Waals surface area contributed by atoms with E-state index in [1.165, 1.54) is 0 Å². The van der Waals surface area contributed by atoms with E-state index in [0.717, 1.165) is 35.0 Å². The molecule has 0 aromatic heterocycles. The molecule has 19 heavy (non-hydrogen) atoms. The Hall–Kier alpha value is -0.990. The molecule has 0 spiro atoms. The molecule has 0 heterocycles. The summed E-state index contributed by atoms with van der Waals surface area (Å²) < 4.78 is 6.03. The van der Waals surface area contributed by atoms with Gasteiger partial charge in [0, 0.05) is 18.1 Å². The summed E-state index contributed by atoms with van der Waals surface area (Å²) in [5.41, 5.74) is 2.21. The Kier molecular flexibility index (Phi) is 6.40. The Morgan fingerprint density at radius 1 is 1.37 bits per heavy atom. The Balaban J connectivity index is 2.81. The van der Waals surface area contributed by atoms with Crippen LogP contribution in [-0.4, -0.2) is 19.2 Å². The first kappa shape index (κ1) is 16.1. The minimum absolute atomic E-state index is 0.109. The van der Waals surface area contributed by atoms with Crippen LogP contribution in [0.5, 0.6) is 5.75 Å². The SMILES string of the molecule is C=CCNCC(C)Oc1cc(C)c(Cl)cc1C(C)C. The standard InChI is InChI=1S/C16H24ClNO/c1-6-7-18-10-13(5)19-16-8-12(4)15(17)9-14(16)11(2)3/h6,8-9,11,13,18H,1,7,10H2,2-5H3. The van der Waals surface area contributed by atoms with Gasteiger partial charge in [0.15, 0.2) is 0 Å². The lowest BCUT2D eigenvalue weighted by Gasteiger charge is -2.20. The predicted octanol–water partition coefficient (Wildman–Crippen LogP) is 4.31. The molecule has 0 bridgehead atoms. The van der Waals surface area contributed by atoms with Gasteiger partial charge in [-0.05, 0) is 43.0 Å². The Bertz CT molecular complexity index is 429. The van der Waals surface area contributed by atoms with E-state index in [2.05, 4.69) is 32.7 Å². The van der Waals surface area contributed by atoms with E-state index >= 15 is 0 Å². The van der Waals surface area contributed by atoms with E-state index in [4.69, 9.17) is 16.3 Å². The molecule has 1 N–H and O–H groups in total. The Morgan fingerprint density at radius 3 is 2.63 bits per heavy atom. The van der Waals surface area contributed by atoms with Gasteiger partial charge in [-0.3, -0.25) is 0 Å². The molecule has 106 valence electrons. The fourth-order valence-electron chi connectivity index (χ4n) is 1.87. The topological polar surface area (TPSA) is 21.3 Å². The number of nitrogens with one attached hydrogen (secondary N) is 1. The van der Waals surface area contributed by atoms with Crippen molar-refractivity contribution in [3.8, 4) is 5.75 Å². The highest BCUT2D eigenvalue weighted by Gasteiger charge is 2.13. The van der Waals surface area contributed by atoms with E-state index in [1.807, 2.05) is 25.1 Å². The molecular weight excluding hydrogens is 258 g/mol. The second-order valence-corrected chi connectivity index (χ2v) is 5.58. The molecule has 1 atom stereocenters. The first-order chi connectivity index (χ1) is 8.95. The van der Waals surface area contributed by atoms with Crippen molar-refractivity contribution in [1.82, 2.24) is 5.32 Å². The summed E-state index contributed by atoms with van der Waals surface area (Å²) in [5.74, 6) is 1.33. The van der Waals surface area contributed by atoms with E-state index < -0.39 is 0 Å². The number of hydrogen-bond acceptors (Lipinski definition) is 2.